The monoisotopic (exact) mass is 526 g/mol. The summed E-state index contributed by atoms with van der Waals surface area (Å²) in [6.45, 7) is 32.2. The lowest BCUT2D eigenvalue weighted by Crippen LogP contribution is -2.49. The number of hydrogen-bond donors (Lipinski definition) is 1. The zero-order valence-corrected chi connectivity index (χ0v) is 26.3. The summed E-state index contributed by atoms with van der Waals surface area (Å²) in [5.74, 6) is 0.805. The van der Waals surface area contributed by atoms with Gasteiger partial charge in [0, 0.05) is 31.7 Å². The predicted molar refractivity (Wildman–Crippen MR) is 163 cm³/mol. The van der Waals surface area contributed by atoms with Gasteiger partial charge in [-0.2, -0.15) is 0 Å². The van der Waals surface area contributed by atoms with Gasteiger partial charge < -0.3 is 24.8 Å². The highest BCUT2D eigenvalue weighted by Gasteiger charge is 2.25. The molecule has 0 amide bonds. The largest absolute Gasteiger partial charge is 0.379 e. The van der Waals surface area contributed by atoms with Gasteiger partial charge in [0.2, 0.25) is 0 Å². The predicted octanol–water partition coefficient (Wildman–Crippen LogP) is 5.04. The standard InChI is InChI=1S/C13H26N2O.C11H24N2.C5H11N.C2H6/c1-12(2)11-14-5-3-13(4-6-14)15-7-9-16-10-8-15;1-4-12-9-7-11(8-10-12)13(5-2)6-3;1-2-4-6-5-3-1;1-2/h12-13H,3-11H2,1-2H3;11H,4-10H2,1-3H3;6H,1-5H2;1-2H3. The first-order valence-electron chi connectivity index (χ1n) is 16.3. The minimum atomic E-state index is 0.805. The number of nitrogens with zero attached hydrogens (tertiary/aromatic N) is 4. The minimum absolute atomic E-state index is 0.805. The van der Waals surface area contributed by atoms with Crippen LogP contribution in [0.4, 0.5) is 0 Å². The van der Waals surface area contributed by atoms with Gasteiger partial charge in [-0.25, -0.2) is 0 Å². The van der Waals surface area contributed by atoms with Crippen molar-refractivity contribution in [1.29, 1.82) is 0 Å². The van der Waals surface area contributed by atoms with Crippen LogP contribution >= 0.6 is 0 Å². The molecular weight excluding hydrogens is 458 g/mol. The van der Waals surface area contributed by atoms with Crippen LogP contribution in [0.15, 0.2) is 0 Å². The van der Waals surface area contributed by atoms with Gasteiger partial charge in [0.1, 0.15) is 0 Å². The molecule has 0 aromatic carbocycles. The first kappa shape index (κ1) is 34.8. The summed E-state index contributed by atoms with van der Waals surface area (Å²) in [4.78, 5) is 10.4. The summed E-state index contributed by atoms with van der Waals surface area (Å²) in [5.41, 5.74) is 0. The van der Waals surface area contributed by atoms with Gasteiger partial charge in [-0.15, -0.1) is 0 Å². The quantitative estimate of drug-likeness (QED) is 0.502. The Labute approximate surface area is 232 Å². The molecule has 1 N–H and O–H groups in total. The van der Waals surface area contributed by atoms with Crippen molar-refractivity contribution >= 4 is 0 Å². The highest BCUT2D eigenvalue weighted by Crippen LogP contribution is 2.18. The van der Waals surface area contributed by atoms with Crippen molar-refractivity contribution in [3.05, 3.63) is 0 Å². The normalized spacial score (nSPS) is 22.9. The third-order valence-electron chi connectivity index (χ3n) is 8.28. The molecule has 4 rings (SSSR count). The van der Waals surface area contributed by atoms with Gasteiger partial charge in [-0.3, -0.25) is 4.90 Å². The van der Waals surface area contributed by atoms with E-state index in [1.54, 1.807) is 0 Å². The Kier molecular flexibility index (Phi) is 21.2. The van der Waals surface area contributed by atoms with Crippen LogP contribution in [0.3, 0.4) is 0 Å². The zero-order valence-electron chi connectivity index (χ0n) is 26.3. The van der Waals surface area contributed by atoms with E-state index in [0.29, 0.717) is 0 Å². The van der Waals surface area contributed by atoms with Crippen LogP contribution in [-0.4, -0.2) is 123 Å². The van der Waals surface area contributed by atoms with E-state index in [1.165, 1.54) is 110 Å². The molecule has 0 radical (unpaired) electrons. The van der Waals surface area contributed by atoms with Gasteiger partial charge in [0.05, 0.1) is 13.2 Å². The number of nitrogens with one attached hydrogen (secondary N) is 1. The number of morpholine rings is 1. The van der Waals surface area contributed by atoms with Gasteiger partial charge in [-0.1, -0.05) is 54.9 Å². The fourth-order valence-electron chi connectivity index (χ4n) is 6.07. The second-order valence-electron chi connectivity index (χ2n) is 11.3. The van der Waals surface area contributed by atoms with Crippen LogP contribution in [0.5, 0.6) is 0 Å². The molecule has 222 valence electrons. The van der Waals surface area contributed by atoms with Crippen molar-refractivity contribution in [3.8, 4) is 0 Å². The molecule has 4 fully saturated rings. The van der Waals surface area contributed by atoms with Crippen LogP contribution in [0.1, 0.15) is 93.4 Å². The summed E-state index contributed by atoms with van der Waals surface area (Å²) in [7, 11) is 0. The van der Waals surface area contributed by atoms with Crippen LogP contribution in [0.25, 0.3) is 0 Å². The fraction of sp³-hybridized carbons (Fsp3) is 1.00. The molecule has 4 aliphatic rings. The van der Waals surface area contributed by atoms with Crippen molar-refractivity contribution in [2.45, 2.75) is 105 Å². The van der Waals surface area contributed by atoms with Crippen LogP contribution < -0.4 is 5.32 Å². The number of ether oxygens (including phenoxy) is 1. The molecule has 6 heteroatoms. The molecule has 0 aromatic rings. The Morgan fingerprint density at radius 1 is 0.757 bits per heavy atom. The average molecular weight is 526 g/mol. The van der Waals surface area contributed by atoms with Gasteiger partial charge in [0.15, 0.2) is 0 Å². The Morgan fingerprint density at radius 2 is 1.30 bits per heavy atom. The number of hydrogen-bond acceptors (Lipinski definition) is 6. The topological polar surface area (TPSA) is 34.2 Å². The van der Waals surface area contributed by atoms with E-state index < -0.39 is 0 Å². The molecule has 6 nitrogen and oxygen atoms in total. The zero-order chi connectivity index (χ0) is 27.3. The number of likely N-dealkylation sites (tertiary alicyclic amines) is 2. The fourth-order valence-corrected chi connectivity index (χ4v) is 6.07. The maximum Gasteiger partial charge on any atom is 0.0594 e. The van der Waals surface area contributed by atoms with Crippen LogP contribution in [-0.2, 0) is 4.74 Å². The second kappa shape index (κ2) is 22.6. The Balaban J connectivity index is 0.000000291. The lowest BCUT2D eigenvalue weighted by molar-refractivity contribution is 0.0000792. The third-order valence-corrected chi connectivity index (χ3v) is 8.28. The van der Waals surface area contributed by atoms with E-state index >= 15 is 0 Å². The molecule has 37 heavy (non-hydrogen) atoms. The van der Waals surface area contributed by atoms with Gasteiger partial charge >= 0.3 is 0 Å². The van der Waals surface area contributed by atoms with Crippen molar-refractivity contribution in [2.75, 3.05) is 91.8 Å². The average Bonchev–Trinajstić information content (AvgIpc) is 2.97. The molecule has 4 saturated heterocycles. The third kappa shape index (κ3) is 15.2. The minimum Gasteiger partial charge on any atom is -0.379 e. The van der Waals surface area contributed by atoms with Crippen molar-refractivity contribution in [3.63, 3.8) is 0 Å². The maximum atomic E-state index is 5.41. The smallest absolute Gasteiger partial charge is 0.0594 e. The van der Waals surface area contributed by atoms with Crippen molar-refractivity contribution in [1.82, 2.24) is 24.9 Å². The number of piperidine rings is 3. The maximum absolute atomic E-state index is 5.41. The molecule has 0 bridgehead atoms. The molecular formula is C31H67N5O. The molecule has 0 spiro atoms. The van der Waals surface area contributed by atoms with E-state index in [4.69, 9.17) is 4.74 Å². The molecule has 4 aliphatic heterocycles. The molecule has 0 saturated carbocycles. The molecule has 0 unspecified atom stereocenters. The lowest BCUT2D eigenvalue weighted by Gasteiger charge is -2.40. The molecule has 0 aliphatic carbocycles. The van der Waals surface area contributed by atoms with E-state index in [2.05, 4.69) is 59.5 Å². The summed E-state index contributed by atoms with van der Waals surface area (Å²) in [6, 6.07) is 1.69. The van der Waals surface area contributed by atoms with E-state index in [1.807, 2.05) is 13.8 Å². The summed E-state index contributed by atoms with van der Waals surface area (Å²) < 4.78 is 5.41. The van der Waals surface area contributed by atoms with Crippen LogP contribution in [0, 0.1) is 5.92 Å². The van der Waals surface area contributed by atoms with Crippen LogP contribution in [0.2, 0.25) is 0 Å². The van der Waals surface area contributed by atoms with E-state index in [0.717, 1.165) is 44.3 Å². The van der Waals surface area contributed by atoms with E-state index in [-0.39, 0.29) is 0 Å². The summed E-state index contributed by atoms with van der Waals surface area (Å²) in [6.07, 6.45) is 9.66. The highest BCUT2D eigenvalue weighted by atomic mass is 16.5. The Bertz CT molecular complexity index is 464. The van der Waals surface area contributed by atoms with Gasteiger partial charge in [-0.05, 0) is 103 Å². The molecule has 0 aromatic heterocycles. The Morgan fingerprint density at radius 3 is 1.70 bits per heavy atom. The van der Waals surface area contributed by atoms with Crippen molar-refractivity contribution < 1.29 is 4.74 Å². The lowest BCUT2D eigenvalue weighted by atomic mass is 10.0. The highest BCUT2D eigenvalue weighted by molar-refractivity contribution is 4.81. The van der Waals surface area contributed by atoms with Crippen molar-refractivity contribution in [2.24, 2.45) is 5.92 Å². The first-order chi connectivity index (χ1) is 18.1. The molecule has 4 heterocycles. The Hall–Kier alpha value is -0.240. The first-order valence-corrected chi connectivity index (χ1v) is 16.3. The van der Waals surface area contributed by atoms with E-state index in [9.17, 15) is 0 Å². The number of rotatable bonds is 7. The summed E-state index contributed by atoms with van der Waals surface area (Å²) in [5, 5.41) is 3.28. The van der Waals surface area contributed by atoms with Gasteiger partial charge in [0.25, 0.3) is 0 Å². The summed E-state index contributed by atoms with van der Waals surface area (Å²) >= 11 is 0. The second-order valence-corrected chi connectivity index (χ2v) is 11.3. The molecule has 0 atom stereocenters. The SMILES string of the molecule is C1CCNCC1.CC.CC(C)CN1CCC(N2CCOCC2)CC1.CCN1CCC(N(CC)CC)CC1.